The van der Waals surface area contributed by atoms with Crippen molar-refractivity contribution >= 4 is 30.7 Å². The van der Waals surface area contributed by atoms with Crippen LogP contribution < -0.4 is 10.6 Å². The third-order valence-corrected chi connectivity index (χ3v) is 14.3. The molecule has 0 bridgehead atoms. The molecule has 4 aliphatic carbocycles. The Morgan fingerprint density at radius 2 is 1.46 bits per heavy atom. The molecular weight excluding hydrogens is 726 g/mol. The SMILES string of the molecule is COOCN(CCN(CCN(CC=O)CC=O)CC(=O)NCC(=O)N[C@H]1CC[C@]2(C)C3C[C@H](O)[C@@]4(C)C(CC[C@@H]4C(C)CCC=O)C3[C@H](O)C[C@@H]2C1)COOC. The van der Waals surface area contributed by atoms with E-state index in [0.29, 0.717) is 57.3 Å². The van der Waals surface area contributed by atoms with Crippen LogP contribution >= 0.6 is 0 Å². The van der Waals surface area contributed by atoms with Gasteiger partial charge in [0.2, 0.25) is 11.8 Å². The van der Waals surface area contributed by atoms with Crippen molar-refractivity contribution in [3.05, 3.63) is 0 Å². The van der Waals surface area contributed by atoms with Crippen molar-refractivity contribution < 1.29 is 53.7 Å². The molecule has 4 fully saturated rings. The summed E-state index contributed by atoms with van der Waals surface area (Å²) < 4.78 is 0. The van der Waals surface area contributed by atoms with E-state index in [0.717, 1.165) is 57.4 Å². The van der Waals surface area contributed by atoms with E-state index in [4.69, 9.17) is 19.6 Å². The van der Waals surface area contributed by atoms with Gasteiger partial charge >= 0.3 is 0 Å². The van der Waals surface area contributed by atoms with Gasteiger partial charge in [0.15, 0.2) is 0 Å². The minimum atomic E-state index is -0.466. The van der Waals surface area contributed by atoms with Crippen LogP contribution in [0.25, 0.3) is 0 Å². The molecule has 0 spiro atoms. The van der Waals surface area contributed by atoms with E-state index in [1.165, 1.54) is 14.2 Å². The third-order valence-electron chi connectivity index (χ3n) is 14.3. The first-order valence-electron chi connectivity index (χ1n) is 20.6. The van der Waals surface area contributed by atoms with Crippen LogP contribution in [0.15, 0.2) is 0 Å². The molecular formula is C40H69N5O11. The topological polar surface area (TPSA) is 197 Å². The third kappa shape index (κ3) is 11.4. The molecule has 4 aliphatic rings. The van der Waals surface area contributed by atoms with Gasteiger partial charge in [0.25, 0.3) is 0 Å². The maximum absolute atomic E-state index is 13.2. The van der Waals surface area contributed by atoms with Crippen molar-refractivity contribution in [2.45, 2.75) is 96.8 Å². The number of hydrogen-bond acceptors (Lipinski definition) is 14. The summed E-state index contributed by atoms with van der Waals surface area (Å²) in [6, 6.07) is -0.0812. The van der Waals surface area contributed by atoms with E-state index in [-0.39, 0.29) is 92.0 Å². The van der Waals surface area contributed by atoms with Crippen LogP contribution in [-0.2, 0) is 43.5 Å². The zero-order valence-electron chi connectivity index (χ0n) is 34.3. The summed E-state index contributed by atoms with van der Waals surface area (Å²) in [4.78, 5) is 84.5. The molecule has 4 rings (SSSR count). The first-order chi connectivity index (χ1) is 26.9. The van der Waals surface area contributed by atoms with Crippen molar-refractivity contribution in [1.82, 2.24) is 25.3 Å². The summed E-state index contributed by atoms with van der Waals surface area (Å²) in [5, 5.41) is 29.6. The fraction of sp³-hybridized carbons (Fsp3) is 0.875. The standard InChI is InChI=1S/C40H69N5O11/c1-28(7-6-18-46)31-8-9-32-38-33(23-35(50)40(31,32)3)39(2)11-10-30(21-29(39)22-34(38)49)42-36(51)24-41-37(52)25-44(13-12-43(16-19-47)17-20-48)14-15-45(26-55-53-4)27-56-54-5/h18-20,28-35,38,49-50H,6-17,21-27H2,1-5H3,(H,41,52)(H,42,51)/t28?,29-,30-,31+,32?,33?,34+,35-,38?,39-,40+/m0/s1. The predicted molar refractivity (Wildman–Crippen MR) is 205 cm³/mol. The Kier molecular flexibility index (Phi) is 18.3. The number of hydrogen-bond donors (Lipinski definition) is 4. The Bertz CT molecular complexity index is 1260. The van der Waals surface area contributed by atoms with Crippen molar-refractivity contribution in [1.29, 1.82) is 0 Å². The zero-order valence-corrected chi connectivity index (χ0v) is 34.3. The Morgan fingerprint density at radius 3 is 2.09 bits per heavy atom. The van der Waals surface area contributed by atoms with E-state index in [2.05, 4.69) is 31.4 Å². The number of fused-ring (bicyclic) bond motifs is 5. The van der Waals surface area contributed by atoms with Crippen LogP contribution in [0.4, 0.5) is 0 Å². The second-order valence-corrected chi connectivity index (χ2v) is 17.2. The highest BCUT2D eigenvalue weighted by molar-refractivity contribution is 5.85. The molecule has 0 aromatic carbocycles. The number of carbonyl (C=O) groups is 5. The summed E-state index contributed by atoms with van der Waals surface area (Å²) in [7, 11) is 2.78. The van der Waals surface area contributed by atoms with Crippen LogP contribution in [-0.4, -0.2) is 154 Å². The number of aldehydes is 3. The quantitative estimate of drug-likeness (QED) is 0.0445. The van der Waals surface area contributed by atoms with E-state index in [1.807, 2.05) is 4.90 Å². The Balaban J connectivity index is 1.31. The lowest BCUT2D eigenvalue weighted by atomic mass is 9.43. The normalized spacial score (nSPS) is 33.0. The Labute approximate surface area is 332 Å². The lowest BCUT2D eigenvalue weighted by Crippen LogP contribution is -2.63. The van der Waals surface area contributed by atoms with Gasteiger partial charge in [-0.25, -0.2) is 19.6 Å². The number of carbonyl (C=O) groups excluding carboxylic acids is 5. The zero-order chi connectivity index (χ0) is 40.9. The van der Waals surface area contributed by atoms with Gasteiger partial charge in [-0.15, -0.1) is 0 Å². The average molecular weight is 796 g/mol. The van der Waals surface area contributed by atoms with Gasteiger partial charge in [-0.3, -0.25) is 24.3 Å². The Morgan fingerprint density at radius 1 is 0.821 bits per heavy atom. The summed E-state index contributed by atoms with van der Waals surface area (Å²) in [5.41, 5.74) is -0.327. The number of aliphatic hydroxyl groups excluding tert-OH is 2. The summed E-state index contributed by atoms with van der Waals surface area (Å²) in [5.74, 6) is 0.809. The van der Waals surface area contributed by atoms with Crippen LogP contribution in [0.5, 0.6) is 0 Å². The molecule has 4 N–H and O–H groups in total. The minimum absolute atomic E-state index is 0.0258. The molecule has 11 atom stereocenters. The van der Waals surface area contributed by atoms with Crippen LogP contribution in [0.3, 0.4) is 0 Å². The lowest BCUT2D eigenvalue weighted by molar-refractivity contribution is -0.333. The van der Waals surface area contributed by atoms with Crippen molar-refractivity contribution in [3.8, 4) is 0 Å². The Hall–Kier alpha value is -2.41. The second-order valence-electron chi connectivity index (χ2n) is 17.2. The number of rotatable bonds is 25. The molecule has 16 heteroatoms. The molecule has 2 amide bonds. The van der Waals surface area contributed by atoms with Gasteiger partial charge in [0.1, 0.15) is 32.3 Å². The first kappa shape index (κ1) is 46.3. The minimum Gasteiger partial charge on any atom is -0.393 e. The highest BCUT2D eigenvalue weighted by Gasteiger charge is 2.65. The van der Waals surface area contributed by atoms with Crippen LogP contribution in [0.1, 0.15) is 78.6 Å². The molecule has 0 heterocycles. The van der Waals surface area contributed by atoms with E-state index in [1.54, 1.807) is 9.80 Å². The van der Waals surface area contributed by atoms with Gasteiger partial charge in [-0.1, -0.05) is 20.8 Å². The summed E-state index contributed by atoms with van der Waals surface area (Å²) in [6.07, 6.45) is 8.67. The molecule has 4 saturated carbocycles. The second kappa shape index (κ2) is 22.1. The van der Waals surface area contributed by atoms with E-state index >= 15 is 0 Å². The molecule has 0 aliphatic heterocycles. The molecule has 16 nitrogen and oxygen atoms in total. The van der Waals surface area contributed by atoms with Crippen molar-refractivity contribution in [2.75, 3.05) is 80.0 Å². The van der Waals surface area contributed by atoms with Crippen molar-refractivity contribution in [2.24, 2.45) is 46.3 Å². The lowest BCUT2D eigenvalue weighted by Gasteiger charge is -2.63. The molecule has 0 aromatic heterocycles. The van der Waals surface area contributed by atoms with Gasteiger partial charge < -0.3 is 35.2 Å². The van der Waals surface area contributed by atoms with E-state index < -0.39 is 12.2 Å². The summed E-state index contributed by atoms with van der Waals surface area (Å²) >= 11 is 0. The first-order valence-corrected chi connectivity index (χ1v) is 20.6. The average Bonchev–Trinajstić information content (AvgIpc) is 3.54. The molecule has 0 radical (unpaired) electrons. The number of nitrogens with zero attached hydrogens (tertiary/aromatic N) is 3. The maximum Gasteiger partial charge on any atom is 0.239 e. The predicted octanol–water partition coefficient (Wildman–Crippen LogP) is 1.18. The van der Waals surface area contributed by atoms with Gasteiger partial charge in [0.05, 0.1) is 52.6 Å². The van der Waals surface area contributed by atoms with Gasteiger partial charge in [-0.2, -0.15) is 0 Å². The molecule has 0 saturated heterocycles. The molecule has 4 unspecified atom stereocenters. The smallest absolute Gasteiger partial charge is 0.239 e. The number of nitrogens with one attached hydrogen (secondary N) is 2. The van der Waals surface area contributed by atoms with Gasteiger partial charge in [-0.05, 0) is 97.7 Å². The molecule has 56 heavy (non-hydrogen) atoms. The van der Waals surface area contributed by atoms with Crippen LogP contribution in [0.2, 0.25) is 0 Å². The van der Waals surface area contributed by atoms with Crippen molar-refractivity contribution in [3.63, 3.8) is 0 Å². The molecule has 320 valence electrons. The monoisotopic (exact) mass is 795 g/mol. The molecule has 0 aromatic rings. The largest absolute Gasteiger partial charge is 0.393 e. The number of aliphatic hydroxyl groups is 2. The van der Waals surface area contributed by atoms with Crippen LogP contribution in [0, 0.1) is 46.3 Å². The highest BCUT2D eigenvalue weighted by atomic mass is 17.2. The fourth-order valence-corrected chi connectivity index (χ4v) is 11.3. The van der Waals surface area contributed by atoms with Gasteiger partial charge in [0, 0.05) is 38.6 Å². The fourth-order valence-electron chi connectivity index (χ4n) is 11.3. The number of amides is 2. The summed E-state index contributed by atoms with van der Waals surface area (Å²) in [6.45, 7) is 8.45. The highest BCUT2D eigenvalue weighted by Crippen LogP contribution is 2.68. The van der Waals surface area contributed by atoms with E-state index in [9.17, 15) is 34.2 Å². The maximum atomic E-state index is 13.2.